The normalized spacial score (nSPS) is 14.8. The van der Waals surface area contributed by atoms with Crippen LogP contribution in [0.1, 0.15) is 11.1 Å². The smallest absolute Gasteiger partial charge is 0.258 e. The number of rotatable bonds is 6. The Morgan fingerprint density at radius 2 is 1.79 bits per heavy atom. The first-order valence-electron chi connectivity index (χ1n) is 7.91. The van der Waals surface area contributed by atoms with Crippen LogP contribution in [0.15, 0.2) is 48.5 Å². The Morgan fingerprint density at radius 3 is 2.46 bits per heavy atom. The number of fused-ring (bicyclic) bond motifs is 1. The van der Waals surface area contributed by atoms with Gasteiger partial charge in [-0.05, 0) is 23.3 Å². The number of carbonyl (C=O) groups is 1. The molecule has 0 atom stereocenters. The fourth-order valence-electron chi connectivity index (χ4n) is 2.95. The first-order chi connectivity index (χ1) is 11.6. The summed E-state index contributed by atoms with van der Waals surface area (Å²) in [6.45, 7) is 0.109. The molecular formula is C19H21NO4. The summed E-state index contributed by atoms with van der Waals surface area (Å²) >= 11 is 0. The minimum Gasteiger partial charge on any atom is -0.497 e. The van der Waals surface area contributed by atoms with Crippen LogP contribution in [0.25, 0.3) is 0 Å². The molecular weight excluding hydrogens is 306 g/mol. The van der Waals surface area contributed by atoms with Crippen molar-refractivity contribution in [3.05, 3.63) is 59.7 Å². The minimum absolute atomic E-state index is 0.101. The fourth-order valence-corrected chi connectivity index (χ4v) is 2.95. The molecule has 1 aliphatic rings. The van der Waals surface area contributed by atoms with Gasteiger partial charge in [0.15, 0.2) is 6.61 Å². The molecule has 0 spiro atoms. The second-order valence-electron chi connectivity index (χ2n) is 6.09. The monoisotopic (exact) mass is 327 g/mol. The van der Waals surface area contributed by atoms with E-state index in [-0.39, 0.29) is 19.1 Å². The summed E-state index contributed by atoms with van der Waals surface area (Å²) in [4.78, 5) is 12.0. The maximum Gasteiger partial charge on any atom is 0.258 e. The standard InChI is InChI=1S/C19H21NO4/c1-23-16-7-4-8-17(9-16)24-12-18(21)20-13-19(22)10-14-5-2-3-6-15(14)11-19/h2-9,22H,10-13H2,1H3,(H,20,21). The van der Waals surface area contributed by atoms with Gasteiger partial charge in [-0.3, -0.25) is 4.79 Å². The summed E-state index contributed by atoms with van der Waals surface area (Å²) < 4.78 is 10.6. The van der Waals surface area contributed by atoms with Gasteiger partial charge in [-0.1, -0.05) is 30.3 Å². The van der Waals surface area contributed by atoms with Crippen molar-refractivity contribution in [1.29, 1.82) is 0 Å². The Hall–Kier alpha value is -2.53. The summed E-state index contributed by atoms with van der Waals surface area (Å²) in [5, 5.41) is 13.4. The molecule has 0 saturated heterocycles. The number of ether oxygens (including phenoxy) is 2. The van der Waals surface area contributed by atoms with Gasteiger partial charge in [0.25, 0.3) is 5.91 Å². The zero-order valence-electron chi connectivity index (χ0n) is 13.6. The molecule has 5 heteroatoms. The third-order valence-corrected chi connectivity index (χ3v) is 4.18. The van der Waals surface area contributed by atoms with E-state index in [0.29, 0.717) is 24.3 Å². The zero-order chi connectivity index (χ0) is 17.0. The summed E-state index contributed by atoms with van der Waals surface area (Å²) in [5.41, 5.74) is 1.36. The summed E-state index contributed by atoms with van der Waals surface area (Å²) in [6, 6.07) is 15.0. The molecule has 1 aliphatic carbocycles. The van der Waals surface area contributed by atoms with Gasteiger partial charge < -0.3 is 19.9 Å². The lowest BCUT2D eigenvalue weighted by atomic mass is 10.0. The van der Waals surface area contributed by atoms with Crippen LogP contribution in [0.5, 0.6) is 11.5 Å². The Labute approximate surface area is 141 Å². The van der Waals surface area contributed by atoms with E-state index in [0.717, 1.165) is 11.1 Å². The van der Waals surface area contributed by atoms with Crippen molar-refractivity contribution in [3.8, 4) is 11.5 Å². The van der Waals surface area contributed by atoms with Gasteiger partial charge >= 0.3 is 0 Å². The molecule has 0 saturated carbocycles. The molecule has 2 aromatic rings. The van der Waals surface area contributed by atoms with E-state index in [1.54, 1.807) is 31.4 Å². The molecule has 3 rings (SSSR count). The van der Waals surface area contributed by atoms with Crippen LogP contribution in [0.4, 0.5) is 0 Å². The van der Waals surface area contributed by atoms with Crippen LogP contribution in [-0.2, 0) is 17.6 Å². The lowest BCUT2D eigenvalue weighted by molar-refractivity contribution is -0.124. The van der Waals surface area contributed by atoms with E-state index < -0.39 is 5.60 Å². The Kier molecular flexibility index (Phi) is 4.71. The average Bonchev–Trinajstić information content (AvgIpc) is 2.95. The predicted octanol–water partition coefficient (Wildman–Crippen LogP) is 1.72. The summed E-state index contributed by atoms with van der Waals surface area (Å²) in [7, 11) is 1.58. The first kappa shape index (κ1) is 16.3. The average molecular weight is 327 g/mol. The third kappa shape index (κ3) is 3.86. The number of aliphatic hydroxyl groups is 1. The molecule has 2 N–H and O–H groups in total. The van der Waals surface area contributed by atoms with Crippen molar-refractivity contribution in [2.24, 2.45) is 0 Å². The Balaban J connectivity index is 1.48. The second kappa shape index (κ2) is 6.93. The predicted molar refractivity (Wildman–Crippen MR) is 90.3 cm³/mol. The molecule has 2 aromatic carbocycles. The topological polar surface area (TPSA) is 67.8 Å². The number of hydrogen-bond acceptors (Lipinski definition) is 4. The van der Waals surface area contributed by atoms with Crippen molar-refractivity contribution < 1.29 is 19.4 Å². The van der Waals surface area contributed by atoms with Crippen molar-refractivity contribution >= 4 is 5.91 Å². The van der Waals surface area contributed by atoms with Crippen LogP contribution < -0.4 is 14.8 Å². The molecule has 0 fully saturated rings. The Morgan fingerprint density at radius 1 is 1.12 bits per heavy atom. The van der Waals surface area contributed by atoms with Gasteiger partial charge in [-0.25, -0.2) is 0 Å². The van der Waals surface area contributed by atoms with E-state index >= 15 is 0 Å². The number of methoxy groups -OCH3 is 1. The lowest BCUT2D eigenvalue weighted by Gasteiger charge is -2.22. The second-order valence-corrected chi connectivity index (χ2v) is 6.09. The molecule has 0 unspecified atom stereocenters. The van der Waals surface area contributed by atoms with Gasteiger partial charge in [0.1, 0.15) is 11.5 Å². The van der Waals surface area contributed by atoms with Crippen molar-refractivity contribution in [3.63, 3.8) is 0 Å². The highest BCUT2D eigenvalue weighted by Gasteiger charge is 2.35. The fraction of sp³-hybridized carbons (Fsp3) is 0.316. The third-order valence-electron chi connectivity index (χ3n) is 4.18. The Bertz CT molecular complexity index is 704. The zero-order valence-corrected chi connectivity index (χ0v) is 13.6. The molecule has 0 radical (unpaired) electrons. The van der Waals surface area contributed by atoms with Crippen LogP contribution >= 0.6 is 0 Å². The van der Waals surface area contributed by atoms with Crippen LogP contribution in [0.2, 0.25) is 0 Å². The highest BCUT2D eigenvalue weighted by atomic mass is 16.5. The molecule has 5 nitrogen and oxygen atoms in total. The molecule has 126 valence electrons. The summed E-state index contributed by atoms with van der Waals surface area (Å²) in [6.07, 6.45) is 1.11. The van der Waals surface area contributed by atoms with Crippen LogP contribution in [0, 0.1) is 0 Å². The van der Waals surface area contributed by atoms with E-state index in [4.69, 9.17) is 9.47 Å². The minimum atomic E-state index is -0.921. The van der Waals surface area contributed by atoms with E-state index in [1.165, 1.54) is 0 Å². The first-order valence-corrected chi connectivity index (χ1v) is 7.91. The number of hydrogen-bond donors (Lipinski definition) is 2. The number of amides is 1. The SMILES string of the molecule is COc1cccc(OCC(=O)NCC2(O)Cc3ccccc3C2)c1. The molecule has 1 amide bonds. The van der Waals surface area contributed by atoms with Gasteiger partial charge in [-0.15, -0.1) is 0 Å². The van der Waals surface area contributed by atoms with E-state index in [9.17, 15) is 9.90 Å². The van der Waals surface area contributed by atoms with Gasteiger partial charge in [0.05, 0.1) is 12.7 Å². The maximum absolute atomic E-state index is 12.0. The quantitative estimate of drug-likeness (QED) is 0.848. The highest BCUT2D eigenvalue weighted by Crippen LogP contribution is 2.29. The summed E-state index contributed by atoms with van der Waals surface area (Å²) in [5.74, 6) is 0.977. The largest absolute Gasteiger partial charge is 0.497 e. The van der Waals surface area contributed by atoms with Gasteiger partial charge in [0, 0.05) is 25.5 Å². The molecule has 0 aromatic heterocycles. The molecule has 0 bridgehead atoms. The van der Waals surface area contributed by atoms with Gasteiger partial charge in [0.2, 0.25) is 0 Å². The van der Waals surface area contributed by atoms with Crippen molar-refractivity contribution in [2.75, 3.05) is 20.3 Å². The maximum atomic E-state index is 12.0. The van der Waals surface area contributed by atoms with Crippen molar-refractivity contribution in [1.82, 2.24) is 5.32 Å². The molecule has 0 aliphatic heterocycles. The lowest BCUT2D eigenvalue weighted by Crippen LogP contribution is -2.45. The number of nitrogens with one attached hydrogen (secondary N) is 1. The molecule has 24 heavy (non-hydrogen) atoms. The van der Waals surface area contributed by atoms with E-state index in [1.807, 2.05) is 24.3 Å². The molecule has 0 heterocycles. The highest BCUT2D eigenvalue weighted by molar-refractivity contribution is 5.77. The van der Waals surface area contributed by atoms with Crippen LogP contribution in [0.3, 0.4) is 0 Å². The number of carbonyl (C=O) groups excluding carboxylic acids is 1. The number of benzene rings is 2. The van der Waals surface area contributed by atoms with Gasteiger partial charge in [-0.2, -0.15) is 0 Å². The van der Waals surface area contributed by atoms with Crippen LogP contribution in [-0.4, -0.2) is 36.9 Å². The van der Waals surface area contributed by atoms with E-state index in [2.05, 4.69) is 5.32 Å². The van der Waals surface area contributed by atoms with Crippen molar-refractivity contribution in [2.45, 2.75) is 18.4 Å².